The molecule has 7 heteroatoms. The van der Waals surface area contributed by atoms with Crippen LogP contribution in [0.5, 0.6) is 0 Å². The average Bonchev–Trinajstić information content (AvgIpc) is 3.09. The van der Waals surface area contributed by atoms with Gasteiger partial charge in [-0.05, 0) is 25.0 Å². The van der Waals surface area contributed by atoms with E-state index in [0.29, 0.717) is 31.6 Å². The van der Waals surface area contributed by atoms with E-state index in [1.165, 1.54) is 0 Å². The van der Waals surface area contributed by atoms with Crippen LogP contribution in [0, 0.1) is 0 Å². The van der Waals surface area contributed by atoms with Crippen molar-refractivity contribution in [1.29, 1.82) is 0 Å². The topological polar surface area (TPSA) is 73.5 Å². The molecule has 2 aromatic heterocycles. The summed E-state index contributed by atoms with van der Waals surface area (Å²) in [6, 6.07) is 6.00. The van der Waals surface area contributed by atoms with E-state index in [1.807, 2.05) is 24.4 Å². The van der Waals surface area contributed by atoms with Crippen LogP contribution in [0.2, 0.25) is 0 Å². The van der Waals surface area contributed by atoms with Crippen molar-refractivity contribution in [2.24, 2.45) is 0 Å². The minimum absolute atomic E-state index is 0.315. The van der Waals surface area contributed by atoms with Gasteiger partial charge in [-0.2, -0.15) is 0 Å². The highest BCUT2D eigenvalue weighted by molar-refractivity contribution is 5.38. The van der Waals surface area contributed by atoms with E-state index in [1.54, 1.807) is 7.11 Å². The molecule has 3 heterocycles. The van der Waals surface area contributed by atoms with E-state index < -0.39 is 0 Å². The second-order valence-electron chi connectivity index (χ2n) is 5.53. The van der Waals surface area contributed by atoms with Crippen LogP contribution in [0.15, 0.2) is 28.8 Å². The quantitative estimate of drug-likeness (QED) is 0.723. The van der Waals surface area contributed by atoms with Gasteiger partial charge in [0.15, 0.2) is 0 Å². The molecule has 0 unspecified atom stereocenters. The number of piperidine rings is 1. The molecule has 0 bridgehead atoms. The Bertz CT molecular complexity index is 582. The summed E-state index contributed by atoms with van der Waals surface area (Å²) < 4.78 is 16.0. The van der Waals surface area contributed by atoms with Gasteiger partial charge in [-0.25, -0.2) is 4.98 Å². The number of methoxy groups -OCH3 is 1. The molecule has 2 aromatic rings. The summed E-state index contributed by atoms with van der Waals surface area (Å²) in [4.78, 5) is 6.69. The van der Waals surface area contributed by atoms with Crippen molar-refractivity contribution in [2.45, 2.75) is 25.4 Å². The third kappa shape index (κ3) is 4.27. The molecular formula is C16H22N4O3. The van der Waals surface area contributed by atoms with Crippen LogP contribution < -0.4 is 4.90 Å². The van der Waals surface area contributed by atoms with E-state index in [4.69, 9.17) is 13.9 Å². The second kappa shape index (κ2) is 8.03. The molecule has 0 radical (unpaired) electrons. The van der Waals surface area contributed by atoms with Crippen LogP contribution in [0.1, 0.15) is 30.5 Å². The Balaban J connectivity index is 1.49. The van der Waals surface area contributed by atoms with Crippen molar-refractivity contribution in [2.75, 3.05) is 38.3 Å². The number of ether oxygens (including phenoxy) is 2. The summed E-state index contributed by atoms with van der Waals surface area (Å²) in [7, 11) is 1.64. The van der Waals surface area contributed by atoms with Gasteiger partial charge >= 0.3 is 0 Å². The van der Waals surface area contributed by atoms with Gasteiger partial charge in [-0.15, -0.1) is 10.2 Å². The molecule has 0 atom stereocenters. The lowest BCUT2D eigenvalue weighted by Gasteiger charge is -2.31. The zero-order valence-corrected chi connectivity index (χ0v) is 13.4. The first-order chi connectivity index (χ1) is 11.4. The maximum atomic E-state index is 5.72. The van der Waals surface area contributed by atoms with Crippen molar-refractivity contribution in [3.63, 3.8) is 0 Å². The Labute approximate surface area is 135 Å². The van der Waals surface area contributed by atoms with Crippen LogP contribution in [-0.2, 0) is 16.1 Å². The molecule has 23 heavy (non-hydrogen) atoms. The smallest absolute Gasteiger partial charge is 0.242 e. The van der Waals surface area contributed by atoms with Crippen molar-refractivity contribution >= 4 is 5.82 Å². The van der Waals surface area contributed by atoms with Crippen LogP contribution in [0.4, 0.5) is 5.82 Å². The van der Waals surface area contributed by atoms with Gasteiger partial charge in [0.05, 0.1) is 13.2 Å². The van der Waals surface area contributed by atoms with Gasteiger partial charge in [0.1, 0.15) is 12.4 Å². The summed E-state index contributed by atoms with van der Waals surface area (Å²) in [5.74, 6) is 2.60. The fourth-order valence-electron chi connectivity index (χ4n) is 2.69. The molecule has 124 valence electrons. The summed E-state index contributed by atoms with van der Waals surface area (Å²) in [6.45, 7) is 3.32. The van der Waals surface area contributed by atoms with Gasteiger partial charge in [0.2, 0.25) is 11.8 Å². The molecule has 0 aliphatic carbocycles. The standard InChI is InChI=1S/C16H22N4O3/c1-21-10-11-22-12-15-18-19-16(23-15)13-5-8-20(9-6-13)14-4-2-3-7-17-14/h2-4,7,13H,5-6,8-12H2,1H3. The predicted octanol–water partition coefficient (Wildman–Crippen LogP) is 2.01. The van der Waals surface area contributed by atoms with Crippen molar-refractivity contribution < 1.29 is 13.9 Å². The zero-order valence-electron chi connectivity index (χ0n) is 13.4. The van der Waals surface area contributed by atoms with Crippen molar-refractivity contribution in [3.05, 3.63) is 36.2 Å². The third-order valence-corrected chi connectivity index (χ3v) is 3.96. The minimum atomic E-state index is 0.315. The average molecular weight is 318 g/mol. The highest BCUT2D eigenvalue weighted by atomic mass is 16.5. The number of hydrogen-bond donors (Lipinski definition) is 0. The van der Waals surface area contributed by atoms with Gasteiger partial charge in [-0.3, -0.25) is 0 Å². The SMILES string of the molecule is COCCOCc1nnc(C2CCN(c3ccccn3)CC2)o1. The summed E-state index contributed by atoms with van der Waals surface area (Å²) in [5.41, 5.74) is 0. The van der Waals surface area contributed by atoms with Gasteiger partial charge < -0.3 is 18.8 Å². The molecule has 0 aromatic carbocycles. The Morgan fingerprint density at radius 3 is 2.83 bits per heavy atom. The molecule has 0 amide bonds. The molecule has 3 rings (SSSR count). The predicted molar refractivity (Wildman–Crippen MR) is 84.3 cm³/mol. The molecular weight excluding hydrogens is 296 g/mol. The molecule has 0 spiro atoms. The number of nitrogens with zero attached hydrogens (tertiary/aromatic N) is 4. The molecule has 1 fully saturated rings. The molecule has 7 nitrogen and oxygen atoms in total. The number of rotatable bonds is 7. The largest absolute Gasteiger partial charge is 0.422 e. The normalized spacial score (nSPS) is 16.0. The van der Waals surface area contributed by atoms with Crippen LogP contribution in [0.25, 0.3) is 0 Å². The van der Waals surface area contributed by atoms with E-state index in [9.17, 15) is 0 Å². The Morgan fingerprint density at radius 1 is 1.22 bits per heavy atom. The first kappa shape index (κ1) is 15.9. The Hall–Kier alpha value is -1.99. The lowest BCUT2D eigenvalue weighted by molar-refractivity contribution is 0.0511. The first-order valence-electron chi connectivity index (χ1n) is 7.92. The maximum absolute atomic E-state index is 5.72. The number of pyridine rings is 1. The van der Waals surface area contributed by atoms with Crippen LogP contribution >= 0.6 is 0 Å². The summed E-state index contributed by atoms with van der Waals surface area (Å²) in [5, 5.41) is 8.23. The monoisotopic (exact) mass is 318 g/mol. The van der Waals surface area contributed by atoms with Crippen molar-refractivity contribution in [3.8, 4) is 0 Å². The fourth-order valence-corrected chi connectivity index (χ4v) is 2.69. The zero-order chi connectivity index (χ0) is 15.9. The molecule has 0 N–H and O–H groups in total. The van der Waals surface area contributed by atoms with Crippen LogP contribution in [-0.4, -0.2) is 48.6 Å². The van der Waals surface area contributed by atoms with Crippen molar-refractivity contribution in [1.82, 2.24) is 15.2 Å². The Morgan fingerprint density at radius 2 is 2.09 bits per heavy atom. The highest BCUT2D eigenvalue weighted by Gasteiger charge is 2.25. The molecule has 0 saturated carbocycles. The van der Waals surface area contributed by atoms with E-state index in [2.05, 4.69) is 20.1 Å². The third-order valence-electron chi connectivity index (χ3n) is 3.96. The van der Waals surface area contributed by atoms with Gasteiger partial charge in [0, 0.05) is 32.3 Å². The highest BCUT2D eigenvalue weighted by Crippen LogP contribution is 2.28. The fraction of sp³-hybridized carbons (Fsp3) is 0.562. The Kier molecular flexibility index (Phi) is 5.55. The second-order valence-corrected chi connectivity index (χ2v) is 5.53. The molecule has 1 saturated heterocycles. The first-order valence-corrected chi connectivity index (χ1v) is 7.92. The molecule has 1 aliphatic rings. The van der Waals surface area contributed by atoms with Gasteiger partial charge in [0.25, 0.3) is 0 Å². The summed E-state index contributed by atoms with van der Waals surface area (Å²) >= 11 is 0. The summed E-state index contributed by atoms with van der Waals surface area (Å²) in [6.07, 6.45) is 3.81. The van der Waals surface area contributed by atoms with E-state index in [0.717, 1.165) is 37.6 Å². The van der Waals surface area contributed by atoms with Crippen LogP contribution in [0.3, 0.4) is 0 Å². The maximum Gasteiger partial charge on any atom is 0.242 e. The lowest BCUT2D eigenvalue weighted by Crippen LogP contribution is -2.33. The molecule has 1 aliphatic heterocycles. The lowest BCUT2D eigenvalue weighted by atomic mass is 9.97. The van der Waals surface area contributed by atoms with Gasteiger partial charge in [-0.1, -0.05) is 6.07 Å². The number of aromatic nitrogens is 3. The number of hydrogen-bond acceptors (Lipinski definition) is 7. The minimum Gasteiger partial charge on any atom is -0.422 e. The van der Waals surface area contributed by atoms with E-state index in [-0.39, 0.29) is 0 Å². The van der Waals surface area contributed by atoms with E-state index >= 15 is 0 Å². The number of anilines is 1.